The maximum Gasteiger partial charge on any atom is 0.150 e. The van der Waals surface area contributed by atoms with Gasteiger partial charge in [0.25, 0.3) is 0 Å². The quantitative estimate of drug-likeness (QED) is 0.604. The first-order valence-electron chi connectivity index (χ1n) is 7.26. The van der Waals surface area contributed by atoms with Crippen LogP contribution in [0.2, 0.25) is 0 Å². The minimum absolute atomic E-state index is 1.10. The van der Waals surface area contributed by atoms with Gasteiger partial charge in [0, 0.05) is 36.9 Å². The van der Waals surface area contributed by atoms with Gasteiger partial charge >= 0.3 is 0 Å². The van der Waals surface area contributed by atoms with Crippen LogP contribution in [0, 0.1) is 0 Å². The molecule has 0 bridgehead atoms. The van der Waals surface area contributed by atoms with E-state index in [1.165, 1.54) is 35.3 Å². The number of aromatic nitrogens is 1. The fourth-order valence-corrected chi connectivity index (χ4v) is 3.91. The zero-order chi connectivity index (χ0) is 13.8. The zero-order valence-electron chi connectivity index (χ0n) is 11.6. The van der Waals surface area contributed by atoms with Crippen molar-refractivity contribution in [3.8, 4) is 0 Å². The van der Waals surface area contributed by atoms with E-state index in [1.807, 2.05) is 0 Å². The van der Waals surface area contributed by atoms with Gasteiger partial charge in [-0.1, -0.05) is 28.1 Å². The Bertz CT molecular complexity index is 549. The molecular weight excluding hydrogens is 334 g/mol. The van der Waals surface area contributed by atoms with Gasteiger partial charge in [-0.15, -0.1) is 0 Å². The van der Waals surface area contributed by atoms with E-state index in [9.17, 15) is 0 Å². The molecule has 0 saturated carbocycles. The summed E-state index contributed by atoms with van der Waals surface area (Å²) in [6, 6.07) is 8.55. The Hall–Kier alpha value is -0.650. The summed E-state index contributed by atoms with van der Waals surface area (Å²) in [5.74, 6) is 1.19. The Morgan fingerprint density at radius 1 is 1.10 bits per heavy atom. The zero-order valence-corrected chi connectivity index (χ0v) is 14.0. The molecule has 0 spiro atoms. The van der Waals surface area contributed by atoms with Crippen molar-refractivity contribution in [1.82, 2.24) is 9.27 Å². The standard InChI is InChI=1S/C15H20BrN3S/c16-7-3-4-8-18-9-11-19(12-10-18)15-13-5-1-2-6-14(13)20-17-15/h1-2,5-6H,3-4,7-12H2. The highest BCUT2D eigenvalue weighted by Crippen LogP contribution is 2.29. The summed E-state index contributed by atoms with van der Waals surface area (Å²) in [5.41, 5.74) is 0. The van der Waals surface area contributed by atoms with Crippen molar-refractivity contribution in [2.24, 2.45) is 0 Å². The van der Waals surface area contributed by atoms with Gasteiger partial charge in [0.1, 0.15) is 5.82 Å². The number of piperazine rings is 1. The lowest BCUT2D eigenvalue weighted by atomic mass is 10.2. The summed E-state index contributed by atoms with van der Waals surface area (Å²) in [6.45, 7) is 5.75. The average Bonchev–Trinajstić information content (AvgIpc) is 2.92. The van der Waals surface area contributed by atoms with Gasteiger partial charge in [-0.3, -0.25) is 4.90 Å². The van der Waals surface area contributed by atoms with E-state index in [-0.39, 0.29) is 0 Å². The highest BCUT2D eigenvalue weighted by atomic mass is 79.9. The van der Waals surface area contributed by atoms with E-state index in [2.05, 4.69) is 54.4 Å². The van der Waals surface area contributed by atoms with Gasteiger partial charge < -0.3 is 4.90 Å². The third-order valence-corrected chi connectivity index (χ3v) is 5.27. The molecule has 20 heavy (non-hydrogen) atoms. The van der Waals surface area contributed by atoms with Crippen molar-refractivity contribution in [2.75, 3.05) is 43.0 Å². The number of alkyl halides is 1. The maximum absolute atomic E-state index is 4.66. The Morgan fingerprint density at radius 2 is 1.90 bits per heavy atom. The monoisotopic (exact) mass is 353 g/mol. The molecule has 3 rings (SSSR count). The lowest BCUT2D eigenvalue weighted by Gasteiger charge is -2.35. The Kier molecular flexibility index (Phi) is 4.91. The summed E-state index contributed by atoms with van der Waals surface area (Å²) in [7, 11) is 0. The molecule has 0 unspecified atom stereocenters. The Balaban J connectivity index is 1.60. The van der Waals surface area contributed by atoms with Gasteiger partial charge in [-0.05, 0) is 43.1 Å². The number of anilines is 1. The van der Waals surface area contributed by atoms with Crippen LogP contribution >= 0.6 is 27.5 Å². The summed E-state index contributed by atoms with van der Waals surface area (Å²) < 4.78 is 5.96. The highest BCUT2D eigenvalue weighted by Gasteiger charge is 2.20. The molecule has 2 aromatic rings. The van der Waals surface area contributed by atoms with Crippen molar-refractivity contribution in [2.45, 2.75) is 12.8 Å². The molecular formula is C15H20BrN3S. The number of benzene rings is 1. The molecule has 1 aliphatic rings. The topological polar surface area (TPSA) is 19.4 Å². The smallest absolute Gasteiger partial charge is 0.150 e. The minimum Gasteiger partial charge on any atom is -0.353 e. The van der Waals surface area contributed by atoms with Gasteiger partial charge in [0.2, 0.25) is 0 Å². The molecule has 0 atom stereocenters. The maximum atomic E-state index is 4.66. The van der Waals surface area contributed by atoms with E-state index in [4.69, 9.17) is 0 Å². The predicted octanol–water partition coefficient (Wildman–Crippen LogP) is 3.59. The van der Waals surface area contributed by atoms with Crippen LogP contribution in [-0.2, 0) is 0 Å². The minimum atomic E-state index is 1.10. The van der Waals surface area contributed by atoms with Crippen molar-refractivity contribution < 1.29 is 0 Å². The second-order valence-corrected chi connectivity index (χ2v) is 6.83. The van der Waals surface area contributed by atoms with E-state index >= 15 is 0 Å². The molecule has 0 N–H and O–H groups in total. The molecule has 1 aliphatic heterocycles. The number of hydrogen-bond donors (Lipinski definition) is 0. The summed E-state index contributed by atoms with van der Waals surface area (Å²) >= 11 is 5.11. The van der Waals surface area contributed by atoms with Crippen LogP contribution < -0.4 is 4.90 Å². The molecule has 2 heterocycles. The SMILES string of the molecule is BrCCCCN1CCN(c2nsc3ccccc23)CC1. The molecule has 1 saturated heterocycles. The van der Waals surface area contributed by atoms with E-state index in [0.29, 0.717) is 0 Å². The molecule has 1 fully saturated rings. The number of unbranched alkanes of at least 4 members (excludes halogenated alkanes) is 1. The van der Waals surface area contributed by atoms with Crippen LogP contribution in [-0.4, -0.2) is 47.3 Å². The third-order valence-electron chi connectivity index (χ3n) is 3.89. The predicted molar refractivity (Wildman–Crippen MR) is 91.3 cm³/mol. The first kappa shape index (κ1) is 14.3. The van der Waals surface area contributed by atoms with Crippen LogP contribution in [0.1, 0.15) is 12.8 Å². The van der Waals surface area contributed by atoms with Crippen molar-refractivity contribution in [3.63, 3.8) is 0 Å². The van der Waals surface area contributed by atoms with Gasteiger partial charge in [0.15, 0.2) is 0 Å². The van der Waals surface area contributed by atoms with Gasteiger partial charge in [0.05, 0.1) is 4.70 Å². The van der Waals surface area contributed by atoms with Crippen LogP contribution in [0.3, 0.4) is 0 Å². The summed E-state index contributed by atoms with van der Waals surface area (Å²) in [5, 5.41) is 2.43. The Morgan fingerprint density at radius 3 is 2.70 bits per heavy atom. The first-order chi connectivity index (χ1) is 9.88. The van der Waals surface area contributed by atoms with E-state index in [0.717, 1.165) is 31.5 Å². The largest absolute Gasteiger partial charge is 0.353 e. The Labute approximate surface area is 132 Å². The van der Waals surface area contributed by atoms with Crippen LogP contribution in [0.4, 0.5) is 5.82 Å². The molecule has 0 radical (unpaired) electrons. The second-order valence-electron chi connectivity index (χ2n) is 5.23. The number of nitrogens with zero attached hydrogens (tertiary/aromatic N) is 3. The number of rotatable bonds is 5. The van der Waals surface area contributed by atoms with E-state index in [1.54, 1.807) is 11.5 Å². The van der Waals surface area contributed by atoms with Gasteiger partial charge in [-0.25, -0.2) is 0 Å². The lowest BCUT2D eigenvalue weighted by molar-refractivity contribution is 0.254. The average molecular weight is 354 g/mol. The summed E-state index contributed by atoms with van der Waals surface area (Å²) in [6.07, 6.45) is 2.57. The van der Waals surface area contributed by atoms with E-state index < -0.39 is 0 Å². The molecule has 0 amide bonds. The van der Waals surface area contributed by atoms with Crippen molar-refractivity contribution in [1.29, 1.82) is 0 Å². The molecule has 3 nitrogen and oxygen atoms in total. The lowest BCUT2D eigenvalue weighted by Crippen LogP contribution is -2.46. The number of fused-ring (bicyclic) bond motifs is 1. The van der Waals surface area contributed by atoms with Crippen LogP contribution in [0.5, 0.6) is 0 Å². The van der Waals surface area contributed by atoms with Crippen molar-refractivity contribution >= 4 is 43.4 Å². The molecule has 1 aromatic carbocycles. The van der Waals surface area contributed by atoms with Crippen LogP contribution in [0.25, 0.3) is 10.1 Å². The fraction of sp³-hybridized carbons (Fsp3) is 0.533. The van der Waals surface area contributed by atoms with Gasteiger partial charge in [-0.2, -0.15) is 4.37 Å². The first-order valence-corrected chi connectivity index (χ1v) is 9.15. The number of hydrogen-bond acceptors (Lipinski definition) is 4. The second kappa shape index (κ2) is 6.87. The number of halogens is 1. The molecule has 108 valence electrons. The molecule has 5 heteroatoms. The summed E-state index contributed by atoms with van der Waals surface area (Å²) in [4.78, 5) is 5.02. The molecule has 1 aromatic heterocycles. The molecule has 0 aliphatic carbocycles. The third kappa shape index (κ3) is 3.15. The van der Waals surface area contributed by atoms with Crippen LogP contribution in [0.15, 0.2) is 24.3 Å². The fourth-order valence-electron chi connectivity index (χ4n) is 2.71. The normalized spacial score (nSPS) is 16.9. The van der Waals surface area contributed by atoms with Crippen molar-refractivity contribution in [3.05, 3.63) is 24.3 Å². The highest BCUT2D eigenvalue weighted by molar-refractivity contribution is 9.09.